The molecule has 24 heavy (non-hydrogen) atoms. The van der Waals surface area contributed by atoms with Crippen LogP contribution in [0.4, 0.5) is 0 Å². The summed E-state index contributed by atoms with van der Waals surface area (Å²) < 4.78 is 12.2. The standard InChI is InChI=1S/C19H23N3O2/c1-14-4-2-5-15(21-14)13-22-10-11-23-19-17(22)7-8-18(19)24-16-6-3-9-20-12-16/h2-6,9,12,17-19H,7-8,10-11,13H2,1H3/t17-,18+,19+/m0/s1. The van der Waals surface area contributed by atoms with Gasteiger partial charge in [-0.3, -0.25) is 14.9 Å². The summed E-state index contributed by atoms with van der Waals surface area (Å²) in [4.78, 5) is 11.3. The van der Waals surface area contributed by atoms with Crippen LogP contribution in [0.3, 0.4) is 0 Å². The van der Waals surface area contributed by atoms with E-state index in [1.54, 1.807) is 12.4 Å². The highest BCUT2D eigenvalue weighted by atomic mass is 16.5. The molecule has 1 saturated heterocycles. The molecule has 0 aromatic carbocycles. The number of ether oxygens (including phenoxy) is 2. The Morgan fingerprint density at radius 3 is 3.04 bits per heavy atom. The van der Waals surface area contributed by atoms with E-state index in [1.165, 1.54) is 0 Å². The van der Waals surface area contributed by atoms with E-state index in [-0.39, 0.29) is 12.2 Å². The summed E-state index contributed by atoms with van der Waals surface area (Å²) >= 11 is 0. The van der Waals surface area contributed by atoms with E-state index < -0.39 is 0 Å². The van der Waals surface area contributed by atoms with Crippen LogP contribution in [-0.4, -0.2) is 46.3 Å². The van der Waals surface area contributed by atoms with Crippen molar-refractivity contribution in [3.63, 3.8) is 0 Å². The number of aryl methyl sites for hydroxylation is 1. The van der Waals surface area contributed by atoms with Crippen molar-refractivity contribution in [1.82, 2.24) is 14.9 Å². The second-order valence-electron chi connectivity index (χ2n) is 6.57. The Morgan fingerprint density at radius 1 is 1.25 bits per heavy atom. The molecule has 2 aromatic rings. The average Bonchev–Trinajstić information content (AvgIpc) is 3.00. The fourth-order valence-electron chi connectivity index (χ4n) is 3.80. The van der Waals surface area contributed by atoms with Gasteiger partial charge in [0.1, 0.15) is 18.0 Å². The first-order valence-corrected chi connectivity index (χ1v) is 8.64. The molecule has 0 radical (unpaired) electrons. The van der Waals surface area contributed by atoms with Gasteiger partial charge in [0.25, 0.3) is 0 Å². The summed E-state index contributed by atoms with van der Waals surface area (Å²) in [6, 6.07) is 10.5. The molecule has 126 valence electrons. The molecule has 3 heterocycles. The van der Waals surface area contributed by atoms with Gasteiger partial charge in [0, 0.05) is 31.0 Å². The first-order chi connectivity index (χ1) is 11.8. The summed E-state index contributed by atoms with van der Waals surface area (Å²) in [5.41, 5.74) is 2.20. The smallest absolute Gasteiger partial charge is 0.138 e. The molecule has 3 atom stereocenters. The Kier molecular flexibility index (Phi) is 4.45. The van der Waals surface area contributed by atoms with Crippen LogP contribution in [0.2, 0.25) is 0 Å². The highest BCUT2D eigenvalue weighted by Crippen LogP contribution is 2.33. The molecule has 1 saturated carbocycles. The van der Waals surface area contributed by atoms with Crippen molar-refractivity contribution >= 4 is 0 Å². The van der Waals surface area contributed by atoms with Crippen LogP contribution in [0, 0.1) is 6.92 Å². The number of hydrogen-bond donors (Lipinski definition) is 0. The lowest BCUT2D eigenvalue weighted by molar-refractivity contribution is -0.0919. The topological polar surface area (TPSA) is 47.5 Å². The normalized spacial score (nSPS) is 27.0. The van der Waals surface area contributed by atoms with E-state index in [1.807, 2.05) is 25.1 Å². The number of nitrogens with zero attached hydrogens (tertiary/aromatic N) is 3. The van der Waals surface area contributed by atoms with Crippen molar-refractivity contribution in [2.45, 2.75) is 44.6 Å². The molecule has 0 amide bonds. The maximum absolute atomic E-state index is 6.13. The number of hydrogen-bond acceptors (Lipinski definition) is 5. The fourth-order valence-corrected chi connectivity index (χ4v) is 3.80. The molecule has 5 nitrogen and oxygen atoms in total. The van der Waals surface area contributed by atoms with Gasteiger partial charge in [-0.2, -0.15) is 0 Å². The highest BCUT2D eigenvalue weighted by molar-refractivity contribution is 5.17. The van der Waals surface area contributed by atoms with Crippen molar-refractivity contribution in [2.75, 3.05) is 13.2 Å². The van der Waals surface area contributed by atoms with Crippen molar-refractivity contribution in [3.8, 4) is 5.75 Å². The minimum atomic E-state index is 0.104. The molecule has 1 aliphatic carbocycles. The zero-order valence-electron chi connectivity index (χ0n) is 14.0. The lowest BCUT2D eigenvalue weighted by atomic mass is 10.1. The van der Waals surface area contributed by atoms with Gasteiger partial charge in [-0.05, 0) is 44.0 Å². The van der Waals surface area contributed by atoms with Gasteiger partial charge in [0.05, 0.1) is 18.5 Å². The predicted molar refractivity (Wildman–Crippen MR) is 90.8 cm³/mol. The number of morpholine rings is 1. The summed E-state index contributed by atoms with van der Waals surface area (Å²) in [6.07, 6.45) is 5.88. The third kappa shape index (κ3) is 3.28. The van der Waals surface area contributed by atoms with Crippen LogP contribution in [0.15, 0.2) is 42.7 Å². The van der Waals surface area contributed by atoms with E-state index in [4.69, 9.17) is 9.47 Å². The van der Waals surface area contributed by atoms with Gasteiger partial charge in [0.2, 0.25) is 0 Å². The van der Waals surface area contributed by atoms with E-state index >= 15 is 0 Å². The SMILES string of the molecule is Cc1cccc(CN2CCO[C@H]3[C@H](Oc4cccnc4)CC[C@@H]32)n1. The molecular weight excluding hydrogens is 302 g/mol. The molecule has 1 aliphatic heterocycles. The van der Waals surface area contributed by atoms with Crippen LogP contribution in [-0.2, 0) is 11.3 Å². The summed E-state index contributed by atoms with van der Waals surface area (Å²) in [7, 11) is 0. The minimum absolute atomic E-state index is 0.104. The van der Waals surface area contributed by atoms with Crippen LogP contribution in [0.1, 0.15) is 24.2 Å². The number of aromatic nitrogens is 2. The monoisotopic (exact) mass is 325 g/mol. The zero-order chi connectivity index (χ0) is 16.4. The van der Waals surface area contributed by atoms with Crippen LogP contribution < -0.4 is 4.74 Å². The minimum Gasteiger partial charge on any atom is -0.486 e. The van der Waals surface area contributed by atoms with Gasteiger partial charge in [-0.1, -0.05) is 6.07 Å². The molecule has 2 aliphatic rings. The van der Waals surface area contributed by atoms with Gasteiger partial charge >= 0.3 is 0 Å². The van der Waals surface area contributed by atoms with E-state index in [2.05, 4.69) is 27.0 Å². The molecule has 5 heteroatoms. The van der Waals surface area contributed by atoms with Crippen LogP contribution in [0.25, 0.3) is 0 Å². The number of fused-ring (bicyclic) bond motifs is 1. The summed E-state index contributed by atoms with van der Waals surface area (Å²) in [5, 5.41) is 0. The van der Waals surface area contributed by atoms with Crippen LogP contribution >= 0.6 is 0 Å². The quantitative estimate of drug-likeness (QED) is 0.865. The van der Waals surface area contributed by atoms with Gasteiger partial charge in [-0.25, -0.2) is 0 Å². The van der Waals surface area contributed by atoms with Crippen molar-refractivity contribution in [3.05, 3.63) is 54.1 Å². The molecular formula is C19H23N3O2. The Hall–Kier alpha value is -1.98. The number of rotatable bonds is 4. The second-order valence-corrected chi connectivity index (χ2v) is 6.57. The highest BCUT2D eigenvalue weighted by Gasteiger charge is 2.44. The van der Waals surface area contributed by atoms with Crippen LogP contribution in [0.5, 0.6) is 5.75 Å². The Morgan fingerprint density at radius 2 is 2.21 bits per heavy atom. The van der Waals surface area contributed by atoms with E-state index in [0.717, 1.165) is 49.7 Å². The fraction of sp³-hybridized carbons (Fsp3) is 0.474. The first-order valence-electron chi connectivity index (χ1n) is 8.64. The zero-order valence-corrected chi connectivity index (χ0v) is 14.0. The molecule has 2 aromatic heterocycles. The second kappa shape index (κ2) is 6.87. The maximum Gasteiger partial charge on any atom is 0.138 e. The third-order valence-electron chi connectivity index (χ3n) is 4.88. The van der Waals surface area contributed by atoms with Gasteiger partial charge in [-0.15, -0.1) is 0 Å². The third-order valence-corrected chi connectivity index (χ3v) is 4.88. The Labute approximate surface area is 142 Å². The lowest BCUT2D eigenvalue weighted by Gasteiger charge is -2.38. The molecule has 2 fully saturated rings. The van der Waals surface area contributed by atoms with Gasteiger partial charge < -0.3 is 9.47 Å². The Balaban J connectivity index is 1.44. The molecule has 4 rings (SSSR count). The Bertz CT molecular complexity index is 679. The largest absolute Gasteiger partial charge is 0.486 e. The molecule has 0 N–H and O–H groups in total. The lowest BCUT2D eigenvalue weighted by Crippen LogP contribution is -2.51. The predicted octanol–water partition coefficient (Wildman–Crippen LogP) is 2.60. The van der Waals surface area contributed by atoms with Crippen molar-refractivity contribution in [1.29, 1.82) is 0 Å². The van der Waals surface area contributed by atoms with E-state index in [9.17, 15) is 0 Å². The summed E-state index contributed by atoms with van der Waals surface area (Å²) in [5.74, 6) is 0.823. The van der Waals surface area contributed by atoms with Crippen molar-refractivity contribution < 1.29 is 9.47 Å². The first kappa shape index (κ1) is 15.5. The van der Waals surface area contributed by atoms with Gasteiger partial charge in [0.15, 0.2) is 0 Å². The average molecular weight is 325 g/mol. The maximum atomic E-state index is 6.13. The molecule has 0 spiro atoms. The molecule has 0 bridgehead atoms. The van der Waals surface area contributed by atoms with Crippen molar-refractivity contribution in [2.24, 2.45) is 0 Å². The molecule has 0 unspecified atom stereocenters. The number of pyridine rings is 2. The summed E-state index contributed by atoms with van der Waals surface area (Å²) in [6.45, 7) is 4.63. The van der Waals surface area contributed by atoms with E-state index in [0.29, 0.717) is 6.04 Å².